The van der Waals surface area contributed by atoms with Crippen LogP contribution in [0, 0.1) is 0 Å². The van der Waals surface area contributed by atoms with Gasteiger partial charge in [0.05, 0.1) is 0 Å². The number of carbonyl (C=O) groups is 3. The first kappa shape index (κ1) is 78.4. The molecule has 0 aromatic rings. The van der Waals surface area contributed by atoms with E-state index in [9.17, 15) is 14.4 Å². The molecule has 0 aliphatic heterocycles. The molecule has 0 saturated heterocycles. The lowest BCUT2D eigenvalue weighted by Crippen LogP contribution is -2.30. The Hall–Kier alpha value is -2.63. The number of rotatable bonds is 67. The Morgan fingerprint density at radius 3 is 0.753 bits per heavy atom. The van der Waals surface area contributed by atoms with Gasteiger partial charge in [0.25, 0.3) is 0 Å². The minimum atomic E-state index is -0.768. The fraction of sp³-hybridized carbons (Fsp3) is 0.853. The number of unbranched alkanes of at least 4 members (excludes halogenated alkanes) is 48. The van der Waals surface area contributed by atoms with Crippen molar-refractivity contribution in [2.45, 2.75) is 399 Å². The van der Waals surface area contributed by atoms with E-state index in [1.165, 1.54) is 270 Å². The van der Waals surface area contributed by atoms with Gasteiger partial charge >= 0.3 is 17.9 Å². The SMILES string of the molecule is CC/C=C\C/C=C\C/C=C\C/C=C\CCCCCCCCCCCCCCCCCCCCC(=O)OCC(COC(=O)CCCCCCCCCCCCC)OC(=O)CCCCCCCCCCCCCCCCCCCCCCC. The summed E-state index contributed by atoms with van der Waals surface area (Å²) in [5.41, 5.74) is 0. The standard InChI is InChI=1S/C75H138O6/c1-4-7-10-13-16-19-22-24-26-28-30-32-33-34-35-36-37-38-39-40-41-43-44-46-48-50-53-56-59-62-65-68-74(77)80-71-72(70-79-73(76)67-64-61-58-55-52-21-18-15-12-9-6-3)81-75(78)69-66-63-60-57-54-51-49-47-45-42-31-29-27-25-23-20-17-14-11-8-5-2/h7,10,16,19,24,26,30,32,72H,4-6,8-9,11-15,17-18,20-23,25,27-29,31,33-71H2,1-3H3/b10-7-,19-16-,26-24-,32-30-. The molecule has 0 N–H and O–H groups in total. The van der Waals surface area contributed by atoms with Gasteiger partial charge in [-0.15, -0.1) is 0 Å². The number of carbonyl (C=O) groups excluding carboxylic acids is 3. The maximum Gasteiger partial charge on any atom is 0.306 e. The van der Waals surface area contributed by atoms with Crippen LogP contribution in [0.3, 0.4) is 0 Å². The van der Waals surface area contributed by atoms with Gasteiger partial charge in [-0.2, -0.15) is 0 Å². The van der Waals surface area contributed by atoms with E-state index < -0.39 is 6.10 Å². The summed E-state index contributed by atoms with van der Waals surface area (Å²) in [7, 11) is 0. The second-order valence-corrected chi connectivity index (χ2v) is 24.5. The van der Waals surface area contributed by atoms with E-state index in [1.807, 2.05) is 0 Å². The van der Waals surface area contributed by atoms with Gasteiger partial charge in [0, 0.05) is 19.3 Å². The molecule has 0 saturated carbocycles. The Morgan fingerprint density at radius 1 is 0.259 bits per heavy atom. The van der Waals surface area contributed by atoms with E-state index in [0.717, 1.165) is 83.5 Å². The number of hydrogen-bond acceptors (Lipinski definition) is 6. The van der Waals surface area contributed by atoms with Crippen molar-refractivity contribution in [1.82, 2.24) is 0 Å². The van der Waals surface area contributed by atoms with Gasteiger partial charge < -0.3 is 14.2 Å². The van der Waals surface area contributed by atoms with Crippen LogP contribution in [0.5, 0.6) is 0 Å². The van der Waals surface area contributed by atoms with Gasteiger partial charge in [-0.25, -0.2) is 0 Å². The fourth-order valence-corrected chi connectivity index (χ4v) is 11.0. The Labute approximate surface area is 505 Å². The first-order valence-electron chi connectivity index (χ1n) is 36.1. The van der Waals surface area contributed by atoms with Gasteiger partial charge in [-0.1, -0.05) is 365 Å². The highest BCUT2D eigenvalue weighted by molar-refractivity contribution is 5.71. The zero-order valence-corrected chi connectivity index (χ0v) is 54.6. The molecule has 0 heterocycles. The van der Waals surface area contributed by atoms with Crippen LogP contribution in [-0.2, 0) is 28.6 Å². The summed E-state index contributed by atoms with van der Waals surface area (Å²) in [5, 5.41) is 0. The average Bonchev–Trinajstić information content (AvgIpc) is 3.47. The number of hydrogen-bond donors (Lipinski definition) is 0. The predicted molar refractivity (Wildman–Crippen MR) is 353 cm³/mol. The Bertz CT molecular complexity index is 1400. The molecule has 0 rings (SSSR count). The van der Waals surface area contributed by atoms with Crippen LogP contribution in [0.2, 0.25) is 0 Å². The molecule has 0 spiro atoms. The van der Waals surface area contributed by atoms with Crippen LogP contribution in [0.4, 0.5) is 0 Å². The minimum Gasteiger partial charge on any atom is -0.462 e. The summed E-state index contributed by atoms with van der Waals surface area (Å²) in [6.45, 7) is 6.60. The minimum absolute atomic E-state index is 0.0650. The van der Waals surface area contributed by atoms with E-state index in [4.69, 9.17) is 14.2 Å². The maximum atomic E-state index is 12.9. The molecule has 0 aliphatic carbocycles. The van der Waals surface area contributed by atoms with Crippen LogP contribution in [0.1, 0.15) is 393 Å². The molecule has 6 heteroatoms. The molecule has 0 bridgehead atoms. The highest BCUT2D eigenvalue weighted by Crippen LogP contribution is 2.19. The largest absolute Gasteiger partial charge is 0.462 e. The van der Waals surface area contributed by atoms with Crippen LogP contribution in [0.15, 0.2) is 48.6 Å². The first-order valence-corrected chi connectivity index (χ1v) is 36.1. The molecule has 0 radical (unpaired) electrons. The normalized spacial score (nSPS) is 12.3. The second-order valence-electron chi connectivity index (χ2n) is 24.5. The van der Waals surface area contributed by atoms with Gasteiger partial charge in [-0.3, -0.25) is 14.4 Å². The summed E-state index contributed by atoms with van der Waals surface area (Å²) >= 11 is 0. The topological polar surface area (TPSA) is 78.9 Å². The monoisotopic (exact) mass is 1140 g/mol. The van der Waals surface area contributed by atoms with Crippen molar-refractivity contribution in [2.75, 3.05) is 13.2 Å². The zero-order valence-electron chi connectivity index (χ0n) is 54.6. The third-order valence-electron chi connectivity index (χ3n) is 16.3. The molecule has 81 heavy (non-hydrogen) atoms. The highest BCUT2D eigenvalue weighted by atomic mass is 16.6. The van der Waals surface area contributed by atoms with Crippen molar-refractivity contribution < 1.29 is 28.6 Å². The van der Waals surface area contributed by atoms with E-state index >= 15 is 0 Å². The molecular formula is C75H138O6. The number of esters is 3. The van der Waals surface area contributed by atoms with E-state index in [0.29, 0.717) is 19.3 Å². The summed E-state index contributed by atoms with van der Waals surface area (Å²) in [6, 6.07) is 0. The van der Waals surface area contributed by atoms with Gasteiger partial charge in [0.15, 0.2) is 6.10 Å². The molecule has 1 atom stereocenters. The lowest BCUT2D eigenvalue weighted by Gasteiger charge is -2.18. The Kier molecular flexibility index (Phi) is 67.6. The number of allylic oxidation sites excluding steroid dienone is 8. The van der Waals surface area contributed by atoms with Crippen LogP contribution in [0.25, 0.3) is 0 Å². The van der Waals surface area contributed by atoms with Crippen molar-refractivity contribution in [2.24, 2.45) is 0 Å². The van der Waals surface area contributed by atoms with Crippen molar-refractivity contribution in [1.29, 1.82) is 0 Å². The molecule has 1 unspecified atom stereocenters. The van der Waals surface area contributed by atoms with Crippen molar-refractivity contribution in [3.8, 4) is 0 Å². The molecule has 0 amide bonds. The lowest BCUT2D eigenvalue weighted by molar-refractivity contribution is -0.167. The quantitative estimate of drug-likeness (QED) is 0.0261. The highest BCUT2D eigenvalue weighted by Gasteiger charge is 2.19. The summed E-state index contributed by atoms with van der Waals surface area (Å²) in [5.74, 6) is -0.834. The summed E-state index contributed by atoms with van der Waals surface area (Å²) in [4.78, 5) is 38.4. The van der Waals surface area contributed by atoms with Crippen molar-refractivity contribution in [3.63, 3.8) is 0 Å². The third kappa shape index (κ3) is 68.0. The van der Waals surface area contributed by atoms with Crippen LogP contribution in [-0.4, -0.2) is 37.2 Å². The average molecular weight is 1140 g/mol. The smallest absolute Gasteiger partial charge is 0.306 e. The Balaban J connectivity index is 4.12. The van der Waals surface area contributed by atoms with Gasteiger partial charge in [0.1, 0.15) is 13.2 Å². The summed E-state index contributed by atoms with van der Waals surface area (Å²) in [6.07, 6.45) is 88.7. The first-order chi connectivity index (χ1) is 40.0. The van der Waals surface area contributed by atoms with Crippen LogP contribution < -0.4 is 0 Å². The molecule has 0 aromatic carbocycles. The van der Waals surface area contributed by atoms with E-state index in [2.05, 4.69) is 69.4 Å². The van der Waals surface area contributed by atoms with E-state index in [1.54, 1.807) is 0 Å². The fourth-order valence-electron chi connectivity index (χ4n) is 11.0. The molecular weight excluding hydrogens is 997 g/mol. The maximum absolute atomic E-state index is 12.9. The van der Waals surface area contributed by atoms with Crippen molar-refractivity contribution >= 4 is 17.9 Å². The molecule has 6 nitrogen and oxygen atoms in total. The van der Waals surface area contributed by atoms with E-state index in [-0.39, 0.29) is 31.1 Å². The molecule has 0 aromatic heterocycles. The Morgan fingerprint density at radius 2 is 0.481 bits per heavy atom. The van der Waals surface area contributed by atoms with Gasteiger partial charge in [0.2, 0.25) is 0 Å². The van der Waals surface area contributed by atoms with Gasteiger partial charge in [-0.05, 0) is 57.8 Å². The second kappa shape index (κ2) is 69.9. The summed E-state index contributed by atoms with van der Waals surface area (Å²) < 4.78 is 17.0. The van der Waals surface area contributed by atoms with Crippen LogP contribution >= 0.6 is 0 Å². The van der Waals surface area contributed by atoms with Crippen molar-refractivity contribution in [3.05, 3.63) is 48.6 Å². The molecule has 474 valence electrons. The molecule has 0 aliphatic rings. The lowest BCUT2D eigenvalue weighted by atomic mass is 10.0. The predicted octanol–water partition coefficient (Wildman–Crippen LogP) is 24.9. The molecule has 0 fully saturated rings. The number of ether oxygens (including phenoxy) is 3. The third-order valence-corrected chi connectivity index (χ3v) is 16.3. The zero-order chi connectivity index (χ0) is 58.5.